The molecule has 1 heterocycles. The minimum Gasteiger partial charge on any atom is -0.368 e. The summed E-state index contributed by atoms with van der Waals surface area (Å²) in [5.74, 6) is 0.803. The van der Waals surface area contributed by atoms with Crippen molar-refractivity contribution in [2.24, 2.45) is 5.92 Å². The van der Waals surface area contributed by atoms with E-state index in [0.29, 0.717) is 6.04 Å². The summed E-state index contributed by atoms with van der Waals surface area (Å²) in [6, 6.07) is 6.60. The van der Waals surface area contributed by atoms with Gasteiger partial charge in [-0.15, -0.1) is 0 Å². The number of hydrogen-bond donors (Lipinski definition) is 2. The number of halogens is 1. The first kappa shape index (κ1) is 20.3. The van der Waals surface area contributed by atoms with Crippen molar-refractivity contribution in [2.75, 3.05) is 44.7 Å². The average molecular weight is 393 g/mol. The molecule has 0 aromatic heterocycles. The van der Waals surface area contributed by atoms with Crippen molar-refractivity contribution in [2.45, 2.75) is 45.1 Å². The molecule has 150 valence electrons. The number of hydrogen-bond acceptors (Lipinski definition) is 3. The van der Waals surface area contributed by atoms with E-state index in [1.165, 1.54) is 31.5 Å². The third-order valence-corrected chi connectivity index (χ3v) is 6.64. The Labute approximate surface area is 168 Å². The van der Waals surface area contributed by atoms with Crippen LogP contribution in [0.1, 0.15) is 37.7 Å². The third-order valence-electron chi connectivity index (χ3n) is 6.15. The van der Waals surface area contributed by atoms with Crippen molar-refractivity contribution in [3.8, 4) is 0 Å². The lowest BCUT2D eigenvalue weighted by Crippen LogP contribution is -2.47. The van der Waals surface area contributed by atoms with Gasteiger partial charge in [-0.25, -0.2) is 4.79 Å². The fraction of sp³-hybridized carbons (Fsp3) is 0.667. The number of carbonyl (C=O) groups excluding carboxylic acids is 1. The van der Waals surface area contributed by atoms with Crippen molar-refractivity contribution >= 4 is 23.3 Å². The highest BCUT2D eigenvalue weighted by Gasteiger charge is 2.24. The first-order valence-electron chi connectivity index (χ1n) is 10.3. The van der Waals surface area contributed by atoms with Gasteiger partial charge in [0.15, 0.2) is 0 Å². The fourth-order valence-electron chi connectivity index (χ4n) is 4.31. The number of rotatable bonds is 5. The highest BCUT2D eigenvalue weighted by Crippen LogP contribution is 2.30. The van der Waals surface area contributed by atoms with Gasteiger partial charge in [0, 0.05) is 39.3 Å². The second-order valence-electron chi connectivity index (χ2n) is 7.97. The molecule has 5 nitrogen and oxygen atoms in total. The summed E-state index contributed by atoms with van der Waals surface area (Å²) in [7, 11) is 1.67. The van der Waals surface area contributed by atoms with Crippen LogP contribution in [0.15, 0.2) is 18.2 Å². The molecule has 1 saturated carbocycles. The van der Waals surface area contributed by atoms with Gasteiger partial charge in [0.25, 0.3) is 0 Å². The van der Waals surface area contributed by atoms with Gasteiger partial charge < -0.3 is 15.5 Å². The molecule has 1 aromatic carbocycles. The number of aryl methyl sites for hydroxylation is 1. The number of piperazine rings is 1. The normalized spacial score (nSPS) is 23.9. The molecule has 6 heteroatoms. The summed E-state index contributed by atoms with van der Waals surface area (Å²) < 4.78 is 0. The van der Waals surface area contributed by atoms with Gasteiger partial charge in [0.2, 0.25) is 0 Å². The number of carbonyl (C=O) groups is 1. The molecule has 0 radical (unpaired) electrons. The average Bonchev–Trinajstić information content (AvgIpc) is 2.70. The zero-order chi connectivity index (χ0) is 19.2. The summed E-state index contributed by atoms with van der Waals surface area (Å²) in [6.45, 7) is 7.57. The second kappa shape index (κ2) is 9.65. The van der Waals surface area contributed by atoms with Crippen molar-refractivity contribution in [1.82, 2.24) is 15.5 Å². The summed E-state index contributed by atoms with van der Waals surface area (Å²) in [4.78, 5) is 16.4. The maximum absolute atomic E-state index is 11.4. The van der Waals surface area contributed by atoms with Crippen molar-refractivity contribution < 1.29 is 4.79 Å². The Morgan fingerprint density at radius 3 is 2.52 bits per heavy atom. The Morgan fingerprint density at radius 1 is 1.15 bits per heavy atom. The lowest BCUT2D eigenvalue weighted by molar-refractivity contribution is 0.206. The lowest BCUT2D eigenvalue weighted by Gasteiger charge is -2.37. The Bertz CT molecular complexity index is 623. The van der Waals surface area contributed by atoms with E-state index in [4.69, 9.17) is 11.6 Å². The quantitative estimate of drug-likeness (QED) is 0.804. The Balaban J connectivity index is 1.37. The molecule has 27 heavy (non-hydrogen) atoms. The molecule has 2 N–H and O–H groups in total. The zero-order valence-corrected chi connectivity index (χ0v) is 17.4. The van der Waals surface area contributed by atoms with Gasteiger partial charge in [0.1, 0.15) is 0 Å². The number of nitrogens with one attached hydrogen (secondary N) is 2. The minimum absolute atomic E-state index is 0.0509. The predicted octanol–water partition coefficient (Wildman–Crippen LogP) is 3.65. The molecule has 1 aliphatic carbocycles. The first-order chi connectivity index (χ1) is 13.1. The predicted molar refractivity (Wildman–Crippen MR) is 113 cm³/mol. The van der Waals surface area contributed by atoms with Crippen LogP contribution in [0.25, 0.3) is 0 Å². The molecule has 0 bridgehead atoms. The summed E-state index contributed by atoms with van der Waals surface area (Å²) in [5.41, 5.74) is 2.33. The molecule has 2 fully saturated rings. The van der Waals surface area contributed by atoms with E-state index in [-0.39, 0.29) is 6.03 Å². The van der Waals surface area contributed by atoms with Gasteiger partial charge in [-0.3, -0.25) is 4.90 Å². The van der Waals surface area contributed by atoms with Gasteiger partial charge in [-0.2, -0.15) is 0 Å². The Morgan fingerprint density at radius 2 is 1.85 bits per heavy atom. The van der Waals surface area contributed by atoms with E-state index in [0.717, 1.165) is 55.5 Å². The number of amides is 2. The van der Waals surface area contributed by atoms with Gasteiger partial charge in [0.05, 0.1) is 10.7 Å². The molecule has 0 unspecified atom stereocenters. The molecule has 1 aromatic rings. The van der Waals surface area contributed by atoms with Gasteiger partial charge >= 0.3 is 6.03 Å². The van der Waals surface area contributed by atoms with Gasteiger partial charge in [-0.1, -0.05) is 23.7 Å². The molecule has 1 saturated heterocycles. The largest absolute Gasteiger partial charge is 0.368 e. The van der Waals surface area contributed by atoms with Crippen LogP contribution in [0.2, 0.25) is 5.02 Å². The van der Waals surface area contributed by atoms with Crippen LogP contribution in [0.3, 0.4) is 0 Å². The zero-order valence-electron chi connectivity index (χ0n) is 16.6. The summed E-state index contributed by atoms with van der Waals surface area (Å²) in [5, 5.41) is 6.59. The van der Waals surface area contributed by atoms with E-state index < -0.39 is 0 Å². The maximum atomic E-state index is 11.4. The molecule has 2 aliphatic rings. The Hall–Kier alpha value is -1.46. The fourth-order valence-corrected chi connectivity index (χ4v) is 4.55. The van der Waals surface area contributed by atoms with Crippen LogP contribution in [0.5, 0.6) is 0 Å². The van der Waals surface area contributed by atoms with Crippen LogP contribution in [0, 0.1) is 12.8 Å². The van der Waals surface area contributed by atoms with Crippen LogP contribution in [0.4, 0.5) is 10.5 Å². The van der Waals surface area contributed by atoms with Crippen LogP contribution >= 0.6 is 11.6 Å². The highest BCUT2D eigenvalue weighted by atomic mass is 35.5. The van der Waals surface area contributed by atoms with Crippen molar-refractivity contribution in [3.63, 3.8) is 0 Å². The Kier molecular flexibility index (Phi) is 7.25. The second-order valence-corrected chi connectivity index (χ2v) is 8.34. The topological polar surface area (TPSA) is 47.6 Å². The first-order valence-corrected chi connectivity index (χ1v) is 10.6. The number of anilines is 1. The SMILES string of the molecule is CNC(=O)N[C@H]1CC[C@H](CCN2CCN(c3cccc(C)c3Cl)CC2)CC1. The smallest absolute Gasteiger partial charge is 0.314 e. The molecular formula is C21H33ClN4O. The van der Waals surface area contributed by atoms with Crippen LogP contribution in [-0.4, -0.2) is 56.7 Å². The maximum Gasteiger partial charge on any atom is 0.314 e. The van der Waals surface area contributed by atoms with Crippen molar-refractivity contribution in [1.29, 1.82) is 0 Å². The minimum atomic E-state index is -0.0509. The molecule has 1 aliphatic heterocycles. The number of nitrogens with zero attached hydrogens (tertiary/aromatic N) is 2. The van der Waals surface area contributed by atoms with E-state index in [9.17, 15) is 4.79 Å². The molecule has 2 amide bonds. The third kappa shape index (κ3) is 5.52. The highest BCUT2D eigenvalue weighted by molar-refractivity contribution is 6.34. The lowest BCUT2D eigenvalue weighted by atomic mass is 9.84. The molecule has 0 spiro atoms. The standard InChI is InChI=1S/C21H33ClN4O/c1-16-4-3-5-19(20(16)22)26-14-12-25(13-15-26)11-10-17-6-8-18(9-7-17)24-21(27)23-2/h3-5,17-18H,6-15H2,1-2H3,(H2,23,24,27)/t17-,18-. The van der Waals surface area contributed by atoms with Crippen LogP contribution < -0.4 is 15.5 Å². The summed E-state index contributed by atoms with van der Waals surface area (Å²) >= 11 is 6.49. The van der Waals surface area contributed by atoms with E-state index in [2.05, 4.69) is 45.6 Å². The monoisotopic (exact) mass is 392 g/mol. The molecular weight excluding hydrogens is 360 g/mol. The summed E-state index contributed by atoms with van der Waals surface area (Å²) in [6.07, 6.45) is 5.95. The van der Waals surface area contributed by atoms with E-state index >= 15 is 0 Å². The number of urea groups is 1. The van der Waals surface area contributed by atoms with Crippen molar-refractivity contribution in [3.05, 3.63) is 28.8 Å². The van der Waals surface area contributed by atoms with Crippen LogP contribution in [-0.2, 0) is 0 Å². The van der Waals surface area contributed by atoms with E-state index in [1.807, 2.05) is 0 Å². The number of benzene rings is 1. The molecule has 0 atom stereocenters. The molecule has 3 rings (SSSR count). The van der Waals surface area contributed by atoms with Gasteiger partial charge in [-0.05, 0) is 63.1 Å². The van der Waals surface area contributed by atoms with E-state index in [1.54, 1.807) is 7.05 Å².